The SMILES string of the molecule is COC1(CNC(=O)c2cccc(C(F)(F)F)c2)Cc2ccccc2C1. The van der Waals surface area contributed by atoms with Crippen LogP contribution in [0.3, 0.4) is 0 Å². The minimum absolute atomic E-state index is 0.0170. The number of halogens is 3. The zero-order chi connectivity index (χ0) is 18.1. The van der Waals surface area contributed by atoms with Crippen LogP contribution in [0.2, 0.25) is 0 Å². The number of benzene rings is 2. The third-order valence-electron chi connectivity index (χ3n) is 4.60. The molecule has 0 saturated carbocycles. The second kappa shape index (κ2) is 6.52. The summed E-state index contributed by atoms with van der Waals surface area (Å²) >= 11 is 0. The fourth-order valence-electron chi connectivity index (χ4n) is 3.18. The van der Waals surface area contributed by atoms with Gasteiger partial charge >= 0.3 is 6.18 Å². The summed E-state index contributed by atoms with van der Waals surface area (Å²) < 4.78 is 44.0. The normalized spacial score (nSPS) is 15.7. The maximum Gasteiger partial charge on any atom is 0.416 e. The molecule has 0 aliphatic heterocycles. The third-order valence-corrected chi connectivity index (χ3v) is 4.60. The van der Waals surface area contributed by atoms with Crippen molar-refractivity contribution < 1.29 is 22.7 Å². The molecule has 2 aromatic rings. The van der Waals surface area contributed by atoms with Gasteiger partial charge in [0.2, 0.25) is 0 Å². The number of alkyl halides is 3. The predicted molar refractivity (Wildman–Crippen MR) is 87.4 cm³/mol. The highest BCUT2D eigenvalue weighted by Crippen LogP contribution is 2.32. The van der Waals surface area contributed by atoms with Crippen molar-refractivity contribution in [2.75, 3.05) is 13.7 Å². The maximum absolute atomic E-state index is 12.8. The first kappa shape index (κ1) is 17.5. The van der Waals surface area contributed by atoms with E-state index in [1.165, 1.54) is 12.1 Å². The van der Waals surface area contributed by atoms with Gasteiger partial charge in [-0.1, -0.05) is 30.3 Å². The Balaban J connectivity index is 1.70. The standard InChI is InChI=1S/C19H18F3NO2/c1-25-18(10-14-5-2-3-6-15(14)11-18)12-23-17(24)13-7-4-8-16(9-13)19(20,21)22/h2-9H,10-12H2,1H3,(H,23,24). The molecule has 2 aromatic carbocycles. The molecule has 0 atom stereocenters. The number of amides is 1. The molecule has 0 radical (unpaired) electrons. The van der Waals surface area contributed by atoms with Gasteiger partial charge in [0.1, 0.15) is 0 Å². The van der Waals surface area contributed by atoms with E-state index in [0.717, 1.165) is 23.3 Å². The number of methoxy groups -OCH3 is 1. The van der Waals surface area contributed by atoms with Gasteiger partial charge in [-0.3, -0.25) is 4.79 Å². The van der Waals surface area contributed by atoms with Crippen molar-refractivity contribution in [3.63, 3.8) is 0 Å². The van der Waals surface area contributed by atoms with Crippen molar-refractivity contribution in [3.8, 4) is 0 Å². The zero-order valence-corrected chi connectivity index (χ0v) is 13.7. The Kier molecular flexibility index (Phi) is 4.56. The Hall–Kier alpha value is -2.34. The van der Waals surface area contributed by atoms with E-state index in [1.54, 1.807) is 7.11 Å². The van der Waals surface area contributed by atoms with E-state index in [9.17, 15) is 18.0 Å². The summed E-state index contributed by atoms with van der Waals surface area (Å²) in [6.07, 6.45) is -3.16. The van der Waals surface area contributed by atoms with E-state index >= 15 is 0 Å². The predicted octanol–water partition coefficient (Wildman–Crippen LogP) is 3.62. The lowest BCUT2D eigenvalue weighted by molar-refractivity contribution is -0.137. The molecule has 25 heavy (non-hydrogen) atoms. The first-order chi connectivity index (χ1) is 11.8. The molecule has 132 valence electrons. The first-order valence-electron chi connectivity index (χ1n) is 7.90. The minimum atomic E-state index is -4.48. The molecule has 0 aromatic heterocycles. The van der Waals surface area contributed by atoms with Gasteiger partial charge in [0, 0.05) is 32.1 Å². The van der Waals surface area contributed by atoms with Crippen LogP contribution in [-0.2, 0) is 23.8 Å². The number of fused-ring (bicyclic) bond motifs is 1. The number of rotatable bonds is 4. The first-order valence-corrected chi connectivity index (χ1v) is 7.90. The average Bonchev–Trinajstić information content (AvgIpc) is 2.98. The van der Waals surface area contributed by atoms with Crippen molar-refractivity contribution in [1.82, 2.24) is 5.32 Å². The van der Waals surface area contributed by atoms with Crippen LogP contribution in [0.5, 0.6) is 0 Å². The minimum Gasteiger partial charge on any atom is -0.376 e. The molecule has 3 rings (SSSR count). The smallest absolute Gasteiger partial charge is 0.376 e. The van der Waals surface area contributed by atoms with Crippen LogP contribution in [-0.4, -0.2) is 25.2 Å². The van der Waals surface area contributed by atoms with Gasteiger partial charge in [-0.2, -0.15) is 13.2 Å². The molecular weight excluding hydrogens is 331 g/mol. The van der Waals surface area contributed by atoms with Crippen LogP contribution in [0.1, 0.15) is 27.0 Å². The fourth-order valence-corrected chi connectivity index (χ4v) is 3.18. The lowest BCUT2D eigenvalue weighted by Crippen LogP contribution is -2.45. The number of hydrogen-bond acceptors (Lipinski definition) is 2. The van der Waals surface area contributed by atoms with Gasteiger partial charge in [-0.15, -0.1) is 0 Å². The molecule has 0 heterocycles. The van der Waals surface area contributed by atoms with E-state index in [1.807, 2.05) is 24.3 Å². The molecule has 1 N–H and O–H groups in total. The van der Waals surface area contributed by atoms with Crippen LogP contribution < -0.4 is 5.32 Å². The molecule has 3 nitrogen and oxygen atoms in total. The number of carbonyl (C=O) groups excluding carboxylic acids is 1. The summed E-state index contributed by atoms with van der Waals surface area (Å²) in [5.74, 6) is -0.543. The summed E-state index contributed by atoms with van der Waals surface area (Å²) in [7, 11) is 1.59. The third kappa shape index (κ3) is 3.69. The molecule has 0 bridgehead atoms. The summed E-state index contributed by atoms with van der Waals surface area (Å²) in [6, 6.07) is 12.3. The molecule has 0 spiro atoms. The van der Waals surface area contributed by atoms with Crippen LogP contribution in [0.25, 0.3) is 0 Å². The quantitative estimate of drug-likeness (QED) is 0.916. The van der Waals surface area contributed by atoms with E-state index < -0.39 is 23.2 Å². The summed E-state index contributed by atoms with van der Waals surface area (Å²) in [4.78, 5) is 12.3. The van der Waals surface area contributed by atoms with E-state index in [2.05, 4.69) is 5.32 Å². The molecule has 1 amide bonds. The van der Waals surface area contributed by atoms with Crippen molar-refractivity contribution in [2.24, 2.45) is 0 Å². The Morgan fingerprint density at radius 1 is 1.12 bits per heavy atom. The van der Waals surface area contributed by atoms with E-state index in [0.29, 0.717) is 12.8 Å². The van der Waals surface area contributed by atoms with Crippen molar-refractivity contribution in [1.29, 1.82) is 0 Å². The lowest BCUT2D eigenvalue weighted by atomic mass is 9.99. The number of hydrogen-bond donors (Lipinski definition) is 1. The molecule has 0 fully saturated rings. The lowest BCUT2D eigenvalue weighted by Gasteiger charge is -2.27. The molecule has 1 aliphatic rings. The largest absolute Gasteiger partial charge is 0.416 e. The zero-order valence-electron chi connectivity index (χ0n) is 13.7. The molecule has 0 unspecified atom stereocenters. The van der Waals surface area contributed by atoms with Crippen LogP contribution in [0.4, 0.5) is 13.2 Å². The van der Waals surface area contributed by atoms with Crippen LogP contribution in [0.15, 0.2) is 48.5 Å². The fraction of sp³-hybridized carbons (Fsp3) is 0.316. The van der Waals surface area contributed by atoms with Gasteiger partial charge in [0.25, 0.3) is 5.91 Å². The summed E-state index contributed by atoms with van der Waals surface area (Å²) in [5.41, 5.74) is 0.905. The van der Waals surface area contributed by atoms with Gasteiger partial charge in [0.15, 0.2) is 0 Å². The summed E-state index contributed by atoms with van der Waals surface area (Å²) in [6.45, 7) is 0.229. The Labute approximate surface area is 143 Å². The summed E-state index contributed by atoms with van der Waals surface area (Å²) in [5, 5.41) is 2.71. The second-order valence-electron chi connectivity index (χ2n) is 6.27. The van der Waals surface area contributed by atoms with Gasteiger partial charge in [0.05, 0.1) is 11.2 Å². The Morgan fingerprint density at radius 3 is 2.32 bits per heavy atom. The highest BCUT2D eigenvalue weighted by atomic mass is 19.4. The molecule has 6 heteroatoms. The molecule has 0 saturated heterocycles. The second-order valence-corrected chi connectivity index (χ2v) is 6.27. The van der Waals surface area contributed by atoms with Crippen LogP contribution >= 0.6 is 0 Å². The monoisotopic (exact) mass is 349 g/mol. The van der Waals surface area contributed by atoms with Crippen molar-refractivity contribution >= 4 is 5.91 Å². The highest BCUT2D eigenvalue weighted by molar-refractivity contribution is 5.94. The number of nitrogens with one attached hydrogen (secondary N) is 1. The Bertz CT molecular complexity index is 761. The number of ether oxygens (including phenoxy) is 1. The van der Waals surface area contributed by atoms with E-state index in [-0.39, 0.29) is 12.1 Å². The average molecular weight is 349 g/mol. The number of carbonyl (C=O) groups is 1. The topological polar surface area (TPSA) is 38.3 Å². The highest BCUT2D eigenvalue weighted by Gasteiger charge is 2.37. The Morgan fingerprint density at radius 2 is 1.76 bits per heavy atom. The molecular formula is C19H18F3NO2. The van der Waals surface area contributed by atoms with Crippen molar-refractivity contribution in [2.45, 2.75) is 24.6 Å². The van der Waals surface area contributed by atoms with Crippen LogP contribution in [0, 0.1) is 0 Å². The maximum atomic E-state index is 12.8. The van der Waals surface area contributed by atoms with Gasteiger partial charge in [-0.05, 0) is 29.3 Å². The van der Waals surface area contributed by atoms with Gasteiger partial charge in [-0.25, -0.2) is 0 Å². The molecule has 1 aliphatic carbocycles. The van der Waals surface area contributed by atoms with Gasteiger partial charge < -0.3 is 10.1 Å². The van der Waals surface area contributed by atoms with E-state index in [4.69, 9.17) is 4.74 Å². The van der Waals surface area contributed by atoms with Crippen molar-refractivity contribution in [3.05, 3.63) is 70.8 Å².